The lowest BCUT2D eigenvalue weighted by molar-refractivity contribution is 0.0500. The first-order valence-electron chi connectivity index (χ1n) is 16.0. The summed E-state index contributed by atoms with van der Waals surface area (Å²) in [6.07, 6.45) is 30.5. The van der Waals surface area contributed by atoms with Gasteiger partial charge in [-0.1, -0.05) is 178 Å². The molecule has 0 spiro atoms. The first kappa shape index (κ1) is 31.4. The smallest absolute Gasteiger partial charge is 0.338 e. The molecule has 0 bridgehead atoms. The minimum absolute atomic E-state index is 0.194. The van der Waals surface area contributed by atoms with E-state index in [0.717, 1.165) is 23.6 Å². The molecule has 0 N–H and O–H groups in total. The van der Waals surface area contributed by atoms with Crippen molar-refractivity contribution in [2.24, 2.45) is 0 Å². The van der Waals surface area contributed by atoms with Crippen LogP contribution in [0.3, 0.4) is 0 Å². The Balaban J connectivity index is 1.28. The summed E-state index contributed by atoms with van der Waals surface area (Å²) in [5.74, 6) is -0.194. The predicted octanol–water partition coefficient (Wildman–Crippen LogP) is 11.6. The summed E-state index contributed by atoms with van der Waals surface area (Å²) < 4.78 is 5.54. The Morgan fingerprint density at radius 1 is 0.514 bits per heavy atom. The maximum Gasteiger partial charge on any atom is 0.338 e. The molecule has 2 aromatic rings. The predicted molar refractivity (Wildman–Crippen MR) is 161 cm³/mol. The fraction of sp³-hybridized carbons (Fsp3) is 0.686. The van der Waals surface area contributed by atoms with Crippen molar-refractivity contribution >= 4 is 16.7 Å². The van der Waals surface area contributed by atoms with E-state index in [1.54, 1.807) is 0 Å². The molecule has 2 heteroatoms. The highest BCUT2D eigenvalue weighted by Crippen LogP contribution is 2.20. The molecule has 0 aliphatic heterocycles. The van der Waals surface area contributed by atoms with Crippen molar-refractivity contribution in [1.82, 2.24) is 0 Å². The van der Waals surface area contributed by atoms with Gasteiger partial charge in [-0.2, -0.15) is 0 Å². The SMILES string of the molecule is CCCCCCCCCCCCCCCCCCCCCCCCOC(=O)c1cccc2ccccc12. The van der Waals surface area contributed by atoms with E-state index in [0.29, 0.717) is 12.2 Å². The number of unbranched alkanes of at least 4 members (excludes halogenated alkanes) is 21. The quantitative estimate of drug-likeness (QED) is 0.104. The van der Waals surface area contributed by atoms with E-state index >= 15 is 0 Å². The highest BCUT2D eigenvalue weighted by atomic mass is 16.5. The first-order chi connectivity index (χ1) is 18.3. The van der Waals surface area contributed by atoms with Gasteiger partial charge < -0.3 is 4.74 Å². The van der Waals surface area contributed by atoms with Gasteiger partial charge in [0.1, 0.15) is 0 Å². The maximum absolute atomic E-state index is 12.5. The molecule has 0 saturated heterocycles. The van der Waals surface area contributed by atoms with Crippen molar-refractivity contribution < 1.29 is 9.53 Å². The van der Waals surface area contributed by atoms with Crippen LogP contribution in [-0.2, 0) is 4.74 Å². The number of rotatable bonds is 24. The molecule has 2 aromatic carbocycles. The van der Waals surface area contributed by atoms with Gasteiger partial charge in [0.2, 0.25) is 0 Å². The van der Waals surface area contributed by atoms with Gasteiger partial charge in [-0.3, -0.25) is 0 Å². The van der Waals surface area contributed by atoms with E-state index in [1.165, 1.54) is 128 Å². The number of hydrogen-bond acceptors (Lipinski definition) is 2. The van der Waals surface area contributed by atoms with Crippen molar-refractivity contribution in [3.63, 3.8) is 0 Å². The van der Waals surface area contributed by atoms with Crippen molar-refractivity contribution in [2.45, 2.75) is 148 Å². The van der Waals surface area contributed by atoms with E-state index < -0.39 is 0 Å². The summed E-state index contributed by atoms with van der Waals surface area (Å²) in [5, 5.41) is 2.06. The van der Waals surface area contributed by atoms with Crippen LogP contribution in [0, 0.1) is 0 Å². The highest BCUT2D eigenvalue weighted by molar-refractivity contribution is 6.04. The molecular weight excluding hydrogens is 452 g/mol. The monoisotopic (exact) mass is 508 g/mol. The van der Waals surface area contributed by atoms with Crippen molar-refractivity contribution in [2.75, 3.05) is 6.61 Å². The van der Waals surface area contributed by atoms with Gasteiger partial charge in [0.15, 0.2) is 0 Å². The average molecular weight is 509 g/mol. The molecular formula is C35H56O2. The van der Waals surface area contributed by atoms with Gasteiger partial charge in [-0.05, 0) is 23.3 Å². The second-order valence-electron chi connectivity index (χ2n) is 11.1. The lowest BCUT2D eigenvalue weighted by Gasteiger charge is -2.07. The van der Waals surface area contributed by atoms with Crippen LogP contribution in [0.2, 0.25) is 0 Å². The molecule has 0 aromatic heterocycles. The van der Waals surface area contributed by atoms with Gasteiger partial charge in [0.25, 0.3) is 0 Å². The summed E-state index contributed by atoms with van der Waals surface area (Å²) >= 11 is 0. The van der Waals surface area contributed by atoms with Crippen LogP contribution >= 0.6 is 0 Å². The van der Waals surface area contributed by atoms with Crippen LogP contribution < -0.4 is 0 Å². The Morgan fingerprint density at radius 3 is 1.41 bits per heavy atom. The van der Waals surface area contributed by atoms with Gasteiger partial charge in [-0.15, -0.1) is 0 Å². The van der Waals surface area contributed by atoms with E-state index in [-0.39, 0.29) is 5.97 Å². The van der Waals surface area contributed by atoms with E-state index in [4.69, 9.17) is 4.74 Å². The Hall–Kier alpha value is -1.83. The first-order valence-corrected chi connectivity index (χ1v) is 16.0. The molecule has 0 aliphatic rings. The summed E-state index contributed by atoms with van der Waals surface area (Å²) in [5.41, 5.74) is 0.678. The van der Waals surface area contributed by atoms with Crippen LogP contribution in [0.1, 0.15) is 159 Å². The number of ether oxygens (including phenoxy) is 1. The van der Waals surface area contributed by atoms with Crippen LogP contribution in [-0.4, -0.2) is 12.6 Å². The number of esters is 1. The molecule has 0 heterocycles. The number of benzene rings is 2. The second-order valence-corrected chi connectivity index (χ2v) is 11.1. The molecule has 37 heavy (non-hydrogen) atoms. The highest BCUT2D eigenvalue weighted by Gasteiger charge is 2.10. The van der Waals surface area contributed by atoms with Crippen LogP contribution in [0.4, 0.5) is 0 Å². The molecule has 0 amide bonds. The van der Waals surface area contributed by atoms with Crippen LogP contribution in [0.25, 0.3) is 10.8 Å². The van der Waals surface area contributed by atoms with E-state index in [9.17, 15) is 4.79 Å². The minimum Gasteiger partial charge on any atom is -0.462 e. The normalized spacial score (nSPS) is 11.3. The average Bonchev–Trinajstić information content (AvgIpc) is 2.93. The van der Waals surface area contributed by atoms with Crippen LogP contribution in [0.5, 0.6) is 0 Å². The summed E-state index contributed by atoms with van der Waals surface area (Å²) in [6.45, 7) is 2.82. The molecule has 0 radical (unpaired) electrons. The molecule has 0 saturated carbocycles. The lowest BCUT2D eigenvalue weighted by Crippen LogP contribution is -2.07. The van der Waals surface area contributed by atoms with Crippen molar-refractivity contribution in [1.29, 1.82) is 0 Å². The molecule has 0 atom stereocenters. The van der Waals surface area contributed by atoms with Crippen molar-refractivity contribution in [3.8, 4) is 0 Å². The fourth-order valence-electron chi connectivity index (χ4n) is 5.36. The van der Waals surface area contributed by atoms with Gasteiger partial charge >= 0.3 is 5.97 Å². The number of carbonyl (C=O) groups is 1. The lowest BCUT2D eigenvalue weighted by atomic mass is 10.0. The standard InChI is InChI=1S/C35H56O2/c1-2-3-4-5-6-7-8-9-10-11-12-13-14-15-16-17-18-19-20-21-22-25-31-37-35(36)34-30-26-28-32-27-23-24-29-33(32)34/h23-24,26-30H,2-22,25,31H2,1H3. The Kier molecular flexibility index (Phi) is 18.8. The molecule has 2 rings (SSSR count). The maximum atomic E-state index is 12.5. The van der Waals surface area contributed by atoms with Gasteiger partial charge in [-0.25, -0.2) is 4.79 Å². The number of fused-ring (bicyclic) bond motifs is 1. The third-order valence-electron chi connectivity index (χ3n) is 7.74. The summed E-state index contributed by atoms with van der Waals surface area (Å²) in [7, 11) is 0. The Morgan fingerprint density at radius 2 is 0.919 bits per heavy atom. The van der Waals surface area contributed by atoms with Gasteiger partial charge in [0.05, 0.1) is 12.2 Å². The molecule has 0 aliphatic carbocycles. The summed E-state index contributed by atoms with van der Waals surface area (Å²) in [6, 6.07) is 13.8. The third-order valence-corrected chi connectivity index (χ3v) is 7.74. The summed E-state index contributed by atoms with van der Waals surface area (Å²) in [4.78, 5) is 12.5. The number of carbonyl (C=O) groups excluding carboxylic acids is 1. The molecule has 0 fully saturated rings. The molecule has 208 valence electrons. The zero-order valence-corrected chi connectivity index (χ0v) is 24.1. The number of hydrogen-bond donors (Lipinski definition) is 0. The molecule has 0 unspecified atom stereocenters. The van der Waals surface area contributed by atoms with Gasteiger partial charge in [0, 0.05) is 0 Å². The van der Waals surface area contributed by atoms with Crippen molar-refractivity contribution in [3.05, 3.63) is 48.0 Å². The topological polar surface area (TPSA) is 26.3 Å². The van der Waals surface area contributed by atoms with Crippen LogP contribution in [0.15, 0.2) is 42.5 Å². The Bertz CT molecular complexity index is 807. The minimum atomic E-state index is -0.194. The molecule has 2 nitrogen and oxygen atoms in total. The Labute approximate surface area is 229 Å². The third kappa shape index (κ3) is 15.2. The van der Waals surface area contributed by atoms with E-state index in [1.807, 2.05) is 42.5 Å². The fourth-order valence-corrected chi connectivity index (χ4v) is 5.36. The largest absolute Gasteiger partial charge is 0.462 e. The van der Waals surface area contributed by atoms with E-state index in [2.05, 4.69) is 6.92 Å². The zero-order chi connectivity index (χ0) is 26.2. The zero-order valence-electron chi connectivity index (χ0n) is 24.1. The second kappa shape index (κ2) is 22.2.